The highest BCUT2D eigenvalue weighted by Crippen LogP contribution is 2.31. The number of H-pyrrole nitrogens is 1. The van der Waals surface area contributed by atoms with E-state index in [4.69, 9.17) is 0 Å². The Bertz CT molecular complexity index is 872. The van der Waals surface area contributed by atoms with Gasteiger partial charge in [-0.05, 0) is 48.6 Å². The number of carbonyl (C=O) groups excluding carboxylic acids is 1. The summed E-state index contributed by atoms with van der Waals surface area (Å²) in [5, 5.41) is 4.26. The van der Waals surface area contributed by atoms with Crippen LogP contribution in [0.5, 0.6) is 0 Å². The van der Waals surface area contributed by atoms with Gasteiger partial charge in [0.15, 0.2) is 0 Å². The molecular weight excluding hydrogens is 308 g/mol. The first-order chi connectivity index (χ1) is 11.9. The van der Waals surface area contributed by atoms with Gasteiger partial charge in [0.05, 0.1) is 5.41 Å². The topological polar surface area (TPSA) is 44.9 Å². The second-order valence-electron chi connectivity index (χ2n) is 7.55. The lowest BCUT2D eigenvalue weighted by Crippen LogP contribution is -2.41. The Morgan fingerprint density at radius 3 is 2.48 bits per heavy atom. The van der Waals surface area contributed by atoms with Gasteiger partial charge < -0.3 is 10.3 Å². The molecule has 1 aromatic heterocycles. The summed E-state index contributed by atoms with van der Waals surface area (Å²) in [6, 6.07) is 16.7. The molecule has 3 rings (SSSR count). The fourth-order valence-electron chi connectivity index (χ4n) is 3.05. The quantitative estimate of drug-likeness (QED) is 0.686. The molecule has 1 amide bonds. The Morgan fingerprint density at radius 1 is 1.08 bits per heavy atom. The predicted molar refractivity (Wildman–Crippen MR) is 105 cm³/mol. The maximum atomic E-state index is 12.5. The number of hydrogen-bond acceptors (Lipinski definition) is 1. The summed E-state index contributed by atoms with van der Waals surface area (Å²) < 4.78 is 0. The molecule has 3 heteroatoms. The van der Waals surface area contributed by atoms with Crippen molar-refractivity contribution in [2.24, 2.45) is 5.92 Å². The standard InChI is InChI=1S/C22H26N2O/c1-15(2)14-24-21(25)22(3,4)17-10-8-16(9-11-17)18-6-5-7-20-19(18)12-13-23-20/h5-13,15,23H,14H2,1-4H3,(H,24,25). The Kier molecular flexibility index (Phi) is 4.67. The highest BCUT2D eigenvalue weighted by molar-refractivity contribution is 5.95. The molecule has 0 unspecified atom stereocenters. The van der Waals surface area contributed by atoms with E-state index in [9.17, 15) is 4.79 Å². The lowest BCUT2D eigenvalue weighted by molar-refractivity contribution is -0.125. The molecule has 2 aromatic carbocycles. The first kappa shape index (κ1) is 17.3. The van der Waals surface area contributed by atoms with Crippen LogP contribution in [0.2, 0.25) is 0 Å². The molecule has 0 aliphatic rings. The number of aromatic amines is 1. The first-order valence-electron chi connectivity index (χ1n) is 8.85. The molecule has 25 heavy (non-hydrogen) atoms. The smallest absolute Gasteiger partial charge is 0.230 e. The summed E-state index contributed by atoms with van der Waals surface area (Å²) in [4.78, 5) is 15.8. The molecule has 0 fully saturated rings. The van der Waals surface area contributed by atoms with Crippen molar-refractivity contribution in [3.63, 3.8) is 0 Å². The summed E-state index contributed by atoms with van der Waals surface area (Å²) in [5.41, 5.74) is 3.97. The normalized spacial score (nSPS) is 11.9. The average Bonchev–Trinajstić information content (AvgIpc) is 3.08. The van der Waals surface area contributed by atoms with Gasteiger partial charge in [0.25, 0.3) is 0 Å². The number of benzene rings is 2. The van der Waals surface area contributed by atoms with E-state index < -0.39 is 5.41 Å². The molecule has 0 saturated heterocycles. The maximum absolute atomic E-state index is 12.5. The van der Waals surface area contributed by atoms with E-state index in [-0.39, 0.29) is 5.91 Å². The SMILES string of the molecule is CC(C)CNC(=O)C(C)(C)c1ccc(-c2cccc3[nH]ccc23)cc1. The van der Waals surface area contributed by atoms with Gasteiger partial charge in [-0.1, -0.05) is 50.2 Å². The molecule has 0 aliphatic carbocycles. The Labute approximate surface area is 149 Å². The first-order valence-corrected chi connectivity index (χ1v) is 8.85. The van der Waals surface area contributed by atoms with Crippen LogP contribution in [0, 0.1) is 5.92 Å². The zero-order valence-electron chi connectivity index (χ0n) is 15.4. The summed E-state index contributed by atoms with van der Waals surface area (Å²) in [5.74, 6) is 0.519. The third-order valence-corrected chi connectivity index (χ3v) is 4.75. The third kappa shape index (κ3) is 3.46. The van der Waals surface area contributed by atoms with E-state index in [0.717, 1.165) is 16.6 Å². The van der Waals surface area contributed by atoms with Crippen LogP contribution in [0.15, 0.2) is 54.7 Å². The average molecular weight is 334 g/mol. The van der Waals surface area contributed by atoms with Crippen molar-refractivity contribution in [2.75, 3.05) is 6.54 Å². The molecule has 0 aliphatic heterocycles. The van der Waals surface area contributed by atoms with Crippen molar-refractivity contribution < 1.29 is 4.79 Å². The summed E-state index contributed by atoms with van der Waals surface area (Å²) in [6.07, 6.45) is 1.96. The molecule has 0 atom stereocenters. The van der Waals surface area contributed by atoms with E-state index in [1.807, 2.05) is 20.0 Å². The van der Waals surface area contributed by atoms with Crippen molar-refractivity contribution in [1.82, 2.24) is 10.3 Å². The third-order valence-electron chi connectivity index (χ3n) is 4.75. The van der Waals surface area contributed by atoms with Gasteiger partial charge in [0.1, 0.15) is 0 Å². The predicted octanol–water partition coefficient (Wildman–Crippen LogP) is 4.88. The molecule has 0 bridgehead atoms. The minimum atomic E-state index is -0.548. The van der Waals surface area contributed by atoms with E-state index in [2.05, 4.69) is 72.7 Å². The largest absolute Gasteiger partial charge is 0.361 e. The molecule has 0 radical (unpaired) electrons. The van der Waals surface area contributed by atoms with Gasteiger partial charge in [-0.15, -0.1) is 0 Å². The highest BCUT2D eigenvalue weighted by Gasteiger charge is 2.29. The lowest BCUT2D eigenvalue weighted by Gasteiger charge is -2.25. The molecular formula is C22H26N2O. The van der Waals surface area contributed by atoms with Crippen LogP contribution in [0.4, 0.5) is 0 Å². The summed E-state index contributed by atoms with van der Waals surface area (Å²) in [7, 11) is 0. The van der Waals surface area contributed by atoms with Gasteiger partial charge in [-0.25, -0.2) is 0 Å². The van der Waals surface area contributed by atoms with Crippen LogP contribution >= 0.6 is 0 Å². The number of carbonyl (C=O) groups is 1. The van der Waals surface area contributed by atoms with Crippen molar-refractivity contribution >= 4 is 16.8 Å². The summed E-state index contributed by atoms with van der Waals surface area (Å²) >= 11 is 0. The van der Waals surface area contributed by atoms with Crippen molar-refractivity contribution in [3.8, 4) is 11.1 Å². The van der Waals surface area contributed by atoms with Crippen LogP contribution in [-0.4, -0.2) is 17.4 Å². The molecule has 1 heterocycles. The second kappa shape index (κ2) is 6.75. The summed E-state index contributed by atoms with van der Waals surface area (Å²) in [6.45, 7) is 8.86. The van der Waals surface area contributed by atoms with Crippen molar-refractivity contribution in [2.45, 2.75) is 33.1 Å². The van der Waals surface area contributed by atoms with Crippen molar-refractivity contribution in [3.05, 3.63) is 60.3 Å². The number of amides is 1. The second-order valence-corrected chi connectivity index (χ2v) is 7.55. The molecule has 0 saturated carbocycles. The van der Waals surface area contributed by atoms with E-state index >= 15 is 0 Å². The maximum Gasteiger partial charge on any atom is 0.230 e. The van der Waals surface area contributed by atoms with Crippen molar-refractivity contribution in [1.29, 1.82) is 0 Å². The van der Waals surface area contributed by atoms with Crippen LogP contribution in [0.1, 0.15) is 33.3 Å². The molecule has 130 valence electrons. The number of fused-ring (bicyclic) bond motifs is 1. The van der Waals surface area contributed by atoms with Crippen LogP contribution in [0.3, 0.4) is 0 Å². The van der Waals surface area contributed by atoms with Crippen LogP contribution in [0.25, 0.3) is 22.0 Å². The number of rotatable bonds is 5. The zero-order chi connectivity index (χ0) is 18.0. The fourth-order valence-corrected chi connectivity index (χ4v) is 3.05. The lowest BCUT2D eigenvalue weighted by atomic mass is 9.83. The highest BCUT2D eigenvalue weighted by atomic mass is 16.2. The molecule has 3 nitrogen and oxygen atoms in total. The number of nitrogens with one attached hydrogen (secondary N) is 2. The minimum absolute atomic E-state index is 0.0710. The Morgan fingerprint density at radius 2 is 1.80 bits per heavy atom. The van der Waals surface area contributed by atoms with Gasteiger partial charge >= 0.3 is 0 Å². The van der Waals surface area contributed by atoms with E-state index in [0.29, 0.717) is 12.5 Å². The van der Waals surface area contributed by atoms with Gasteiger partial charge in [-0.2, -0.15) is 0 Å². The minimum Gasteiger partial charge on any atom is -0.361 e. The van der Waals surface area contributed by atoms with Crippen LogP contribution < -0.4 is 5.32 Å². The Hall–Kier alpha value is -2.55. The molecule has 0 spiro atoms. The monoisotopic (exact) mass is 334 g/mol. The van der Waals surface area contributed by atoms with E-state index in [1.54, 1.807) is 0 Å². The number of hydrogen-bond donors (Lipinski definition) is 2. The van der Waals surface area contributed by atoms with Gasteiger partial charge in [-0.3, -0.25) is 4.79 Å². The molecule has 2 N–H and O–H groups in total. The van der Waals surface area contributed by atoms with Gasteiger partial charge in [0, 0.05) is 23.6 Å². The zero-order valence-corrected chi connectivity index (χ0v) is 15.4. The number of aromatic nitrogens is 1. The van der Waals surface area contributed by atoms with Crippen LogP contribution in [-0.2, 0) is 10.2 Å². The molecule has 3 aromatic rings. The van der Waals surface area contributed by atoms with Gasteiger partial charge in [0.2, 0.25) is 5.91 Å². The fraction of sp³-hybridized carbons (Fsp3) is 0.318. The Balaban J connectivity index is 1.87. The van der Waals surface area contributed by atoms with E-state index in [1.165, 1.54) is 10.9 Å².